The Bertz CT molecular complexity index is 730. The Morgan fingerprint density at radius 3 is 2.67 bits per heavy atom. The number of carbonyl (C=O) groups excluding carboxylic acids is 1. The number of nitrogens with zero attached hydrogens (tertiary/aromatic N) is 1. The highest BCUT2D eigenvalue weighted by Gasteiger charge is 2.59. The van der Waals surface area contributed by atoms with Crippen LogP contribution in [0.4, 0.5) is 0 Å². The van der Waals surface area contributed by atoms with Crippen LogP contribution in [0.1, 0.15) is 85.0 Å². The average Bonchev–Trinajstić information content (AvgIpc) is 3.22. The van der Waals surface area contributed by atoms with Gasteiger partial charge < -0.3 is 10.0 Å². The molecule has 0 bridgehead atoms. The number of carbonyl (C=O) groups is 1. The molecule has 4 aliphatic carbocycles. The number of rotatable bonds is 3. The number of aliphatic hydroxyl groups excluding tert-OH is 1. The fraction of sp³-hybridized carbons (Fsp3) is 0.889. The molecule has 0 spiro atoms. The molecule has 0 unspecified atom stereocenters. The van der Waals surface area contributed by atoms with E-state index >= 15 is 0 Å². The third-order valence-corrected chi connectivity index (χ3v) is 11.0. The summed E-state index contributed by atoms with van der Waals surface area (Å²) in [6.07, 6.45) is 14.5. The highest BCUT2D eigenvalue weighted by molar-refractivity contribution is 5.80. The van der Waals surface area contributed by atoms with Crippen molar-refractivity contribution in [1.82, 2.24) is 4.90 Å². The molecule has 3 nitrogen and oxygen atoms in total. The van der Waals surface area contributed by atoms with Crippen molar-refractivity contribution in [2.45, 2.75) is 91.1 Å². The van der Waals surface area contributed by atoms with Gasteiger partial charge in [-0.15, -0.1) is 0 Å². The number of fused-ring (bicyclic) bond motifs is 5. The summed E-state index contributed by atoms with van der Waals surface area (Å²) in [5.41, 5.74) is 2.38. The first-order valence-electron chi connectivity index (χ1n) is 12.9. The van der Waals surface area contributed by atoms with Gasteiger partial charge in [-0.05, 0) is 105 Å². The van der Waals surface area contributed by atoms with Gasteiger partial charge in [0, 0.05) is 19.5 Å². The topological polar surface area (TPSA) is 40.5 Å². The molecule has 0 aromatic carbocycles. The minimum Gasteiger partial charge on any atom is -0.393 e. The molecule has 0 radical (unpaired) electrons. The molecular formula is C27H43NO2. The average molecular weight is 414 g/mol. The molecule has 1 N–H and O–H groups in total. The van der Waals surface area contributed by atoms with Crippen LogP contribution in [0, 0.1) is 46.3 Å². The minimum atomic E-state index is -0.108. The normalized spacial score (nSPS) is 49.3. The largest absolute Gasteiger partial charge is 0.393 e. The summed E-state index contributed by atoms with van der Waals surface area (Å²) in [6, 6.07) is 0. The maximum absolute atomic E-state index is 12.5. The highest BCUT2D eigenvalue weighted by Crippen LogP contribution is 2.67. The first-order valence-corrected chi connectivity index (χ1v) is 12.9. The molecule has 3 heteroatoms. The number of likely N-dealkylation sites (tertiary alicyclic amines) is 1. The molecular weight excluding hydrogens is 370 g/mol. The van der Waals surface area contributed by atoms with Crippen molar-refractivity contribution < 1.29 is 9.90 Å². The van der Waals surface area contributed by atoms with E-state index in [4.69, 9.17) is 0 Å². The standard InChI is InChI=1S/C27H43NO2/c1-17(15-18-11-14-28(4)25(18)30)22-7-8-23-21-6-5-19-16-20(29)9-12-26(19,2)24(21)10-13-27(22,23)3/h5,17-18,20-24,29H,6-16H2,1-4H3/t17-,18-,20+,21+,22-,23+,24+,26+,27-/m1/s1. The lowest BCUT2D eigenvalue weighted by Crippen LogP contribution is -2.50. The number of hydrogen-bond acceptors (Lipinski definition) is 2. The van der Waals surface area contributed by atoms with Gasteiger partial charge in [0.2, 0.25) is 5.91 Å². The van der Waals surface area contributed by atoms with Gasteiger partial charge in [0.1, 0.15) is 0 Å². The van der Waals surface area contributed by atoms with Crippen molar-refractivity contribution in [3.05, 3.63) is 11.6 Å². The van der Waals surface area contributed by atoms with Crippen LogP contribution in [0.3, 0.4) is 0 Å². The maximum atomic E-state index is 12.5. The number of aliphatic hydroxyl groups is 1. The number of allylic oxidation sites excluding steroid dienone is 1. The van der Waals surface area contributed by atoms with Crippen molar-refractivity contribution in [3.8, 4) is 0 Å². The zero-order valence-corrected chi connectivity index (χ0v) is 19.7. The summed E-state index contributed by atoms with van der Waals surface area (Å²) in [7, 11) is 1.97. The van der Waals surface area contributed by atoms with E-state index in [0.29, 0.717) is 22.7 Å². The van der Waals surface area contributed by atoms with Gasteiger partial charge in [-0.3, -0.25) is 4.79 Å². The molecule has 4 fully saturated rings. The second kappa shape index (κ2) is 7.36. The van der Waals surface area contributed by atoms with Crippen LogP contribution < -0.4 is 0 Å². The van der Waals surface area contributed by atoms with Gasteiger partial charge in [-0.2, -0.15) is 0 Å². The molecule has 30 heavy (non-hydrogen) atoms. The lowest BCUT2D eigenvalue weighted by molar-refractivity contribution is -0.130. The summed E-state index contributed by atoms with van der Waals surface area (Å²) in [6.45, 7) is 8.56. The summed E-state index contributed by atoms with van der Waals surface area (Å²) in [4.78, 5) is 14.4. The molecule has 0 aromatic heterocycles. The van der Waals surface area contributed by atoms with Gasteiger partial charge >= 0.3 is 0 Å². The zero-order chi connectivity index (χ0) is 21.3. The number of amides is 1. The fourth-order valence-electron chi connectivity index (χ4n) is 9.34. The molecule has 5 aliphatic rings. The molecule has 9 atom stereocenters. The summed E-state index contributed by atoms with van der Waals surface area (Å²) in [5, 5.41) is 10.2. The van der Waals surface area contributed by atoms with E-state index in [1.54, 1.807) is 5.57 Å². The van der Waals surface area contributed by atoms with Gasteiger partial charge in [0.15, 0.2) is 0 Å². The van der Waals surface area contributed by atoms with Crippen molar-refractivity contribution in [3.63, 3.8) is 0 Å². The Hall–Kier alpha value is -0.830. The Morgan fingerprint density at radius 2 is 1.93 bits per heavy atom. The predicted molar refractivity (Wildman–Crippen MR) is 121 cm³/mol. The predicted octanol–water partition coefficient (Wildman–Crippen LogP) is 5.43. The van der Waals surface area contributed by atoms with E-state index in [9.17, 15) is 9.90 Å². The summed E-state index contributed by atoms with van der Waals surface area (Å²) in [5.74, 6) is 4.62. The van der Waals surface area contributed by atoms with Crippen molar-refractivity contribution in [2.24, 2.45) is 46.3 Å². The molecule has 5 rings (SSSR count). The van der Waals surface area contributed by atoms with E-state index in [-0.39, 0.29) is 12.0 Å². The third-order valence-electron chi connectivity index (χ3n) is 11.0. The van der Waals surface area contributed by atoms with Crippen molar-refractivity contribution in [1.29, 1.82) is 0 Å². The van der Waals surface area contributed by atoms with E-state index < -0.39 is 0 Å². The van der Waals surface area contributed by atoms with E-state index in [2.05, 4.69) is 26.8 Å². The van der Waals surface area contributed by atoms with Crippen LogP contribution >= 0.6 is 0 Å². The summed E-state index contributed by atoms with van der Waals surface area (Å²) < 4.78 is 0. The Labute approximate surface area is 183 Å². The van der Waals surface area contributed by atoms with Crippen molar-refractivity contribution >= 4 is 5.91 Å². The van der Waals surface area contributed by atoms with Crippen LogP contribution in [0.5, 0.6) is 0 Å². The van der Waals surface area contributed by atoms with Gasteiger partial charge in [0.05, 0.1) is 6.10 Å². The van der Waals surface area contributed by atoms with Crippen molar-refractivity contribution in [2.75, 3.05) is 13.6 Å². The van der Waals surface area contributed by atoms with Crippen LogP contribution in [-0.4, -0.2) is 35.6 Å². The third kappa shape index (κ3) is 3.05. The maximum Gasteiger partial charge on any atom is 0.225 e. The first-order chi connectivity index (χ1) is 14.2. The lowest BCUT2D eigenvalue weighted by Gasteiger charge is -2.58. The quantitative estimate of drug-likeness (QED) is 0.627. The Kier molecular flexibility index (Phi) is 5.16. The van der Waals surface area contributed by atoms with Crippen LogP contribution in [0.25, 0.3) is 0 Å². The molecule has 1 amide bonds. The summed E-state index contributed by atoms with van der Waals surface area (Å²) >= 11 is 0. The Balaban J connectivity index is 1.33. The highest BCUT2D eigenvalue weighted by atomic mass is 16.3. The van der Waals surface area contributed by atoms with E-state index in [1.165, 1.54) is 38.5 Å². The molecule has 3 saturated carbocycles. The van der Waals surface area contributed by atoms with Crippen LogP contribution in [-0.2, 0) is 4.79 Å². The SMILES string of the molecule is C[C@H](C[C@H]1CCN(C)C1=O)[C@H]1CC[C@H]2[C@@H]3CC=C4C[C@@H](O)CC[C@]4(C)[C@H]3CC[C@]12C. The number of hydrogen-bond donors (Lipinski definition) is 1. The monoisotopic (exact) mass is 413 g/mol. The molecule has 168 valence electrons. The molecule has 1 heterocycles. The second-order valence-corrected chi connectivity index (χ2v) is 12.3. The van der Waals surface area contributed by atoms with E-state index in [0.717, 1.165) is 55.9 Å². The molecule has 1 aliphatic heterocycles. The van der Waals surface area contributed by atoms with Gasteiger partial charge in [0.25, 0.3) is 0 Å². The molecule has 0 aromatic rings. The van der Waals surface area contributed by atoms with E-state index in [1.807, 2.05) is 11.9 Å². The Morgan fingerprint density at radius 1 is 1.13 bits per heavy atom. The van der Waals surface area contributed by atoms with Gasteiger partial charge in [-0.25, -0.2) is 0 Å². The van der Waals surface area contributed by atoms with Crippen LogP contribution in [0.15, 0.2) is 11.6 Å². The molecule has 1 saturated heterocycles. The minimum absolute atomic E-state index is 0.108. The lowest BCUT2D eigenvalue weighted by atomic mass is 9.47. The fourth-order valence-corrected chi connectivity index (χ4v) is 9.34. The second-order valence-electron chi connectivity index (χ2n) is 12.3. The van der Waals surface area contributed by atoms with Gasteiger partial charge in [-0.1, -0.05) is 32.4 Å². The van der Waals surface area contributed by atoms with Crippen LogP contribution in [0.2, 0.25) is 0 Å². The first kappa shape index (κ1) is 21.0. The zero-order valence-electron chi connectivity index (χ0n) is 19.7. The smallest absolute Gasteiger partial charge is 0.225 e.